The lowest BCUT2D eigenvalue weighted by Crippen LogP contribution is -2.43. The van der Waals surface area contributed by atoms with E-state index in [2.05, 4.69) is 34.6 Å². The van der Waals surface area contributed by atoms with Gasteiger partial charge in [0.1, 0.15) is 0 Å². The lowest BCUT2D eigenvalue weighted by atomic mass is 9.61. The van der Waals surface area contributed by atoms with E-state index in [0.29, 0.717) is 5.92 Å². The van der Waals surface area contributed by atoms with Crippen LogP contribution in [0, 0.1) is 28.6 Å². The maximum Gasteiger partial charge on any atom is 0.160 e. The number of rotatable bonds is 0. The molecule has 96 valence electrons. The minimum Gasteiger partial charge on any atom is -0.294 e. The first-order valence-corrected chi connectivity index (χ1v) is 6.71. The van der Waals surface area contributed by atoms with E-state index in [-0.39, 0.29) is 34.2 Å². The molecule has 0 N–H and O–H groups in total. The quantitative estimate of drug-likeness (QED) is 0.614. The molecule has 1 fully saturated rings. The predicted molar refractivity (Wildman–Crippen MR) is 69.9 cm³/mol. The van der Waals surface area contributed by atoms with Gasteiger partial charge in [-0.1, -0.05) is 31.9 Å². The largest absolute Gasteiger partial charge is 0.294 e. The van der Waals surface area contributed by atoms with E-state index in [1.807, 2.05) is 0 Å². The van der Waals surface area contributed by atoms with Gasteiger partial charge < -0.3 is 0 Å². The van der Waals surface area contributed by atoms with Crippen LogP contribution in [0.3, 0.4) is 0 Å². The van der Waals surface area contributed by atoms with Crippen molar-refractivity contribution in [3.05, 3.63) is 23.3 Å². The summed E-state index contributed by atoms with van der Waals surface area (Å²) < 4.78 is 0. The molecule has 0 aromatic carbocycles. The molecule has 3 aliphatic rings. The third-order valence-electron chi connectivity index (χ3n) is 6.63. The van der Waals surface area contributed by atoms with Crippen molar-refractivity contribution in [1.82, 2.24) is 0 Å². The van der Waals surface area contributed by atoms with Gasteiger partial charge in [-0.3, -0.25) is 9.59 Å². The van der Waals surface area contributed by atoms with Crippen LogP contribution in [0.2, 0.25) is 0 Å². The first-order chi connectivity index (χ1) is 8.27. The molecule has 0 aromatic rings. The van der Waals surface area contributed by atoms with Gasteiger partial charge in [0.2, 0.25) is 0 Å². The molecule has 0 radical (unpaired) electrons. The third-order valence-corrected chi connectivity index (χ3v) is 6.63. The summed E-state index contributed by atoms with van der Waals surface area (Å²) in [4.78, 5) is 24.6. The maximum absolute atomic E-state index is 12.3. The number of allylic oxidation sites excluding steroid dienone is 4. The highest BCUT2D eigenvalue weighted by molar-refractivity contribution is 6.09. The predicted octanol–water partition coefficient (Wildman–Crippen LogP) is 2.94. The summed E-state index contributed by atoms with van der Waals surface area (Å²) in [6.45, 7) is 10.8. The van der Waals surface area contributed by atoms with Crippen LogP contribution >= 0.6 is 0 Å². The van der Waals surface area contributed by atoms with E-state index in [1.165, 1.54) is 23.3 Å². The van der Waals surface area contributed by atoms with Crippen LogP contribution in [0.5, 0.6) is 0 Å². The Labute approximate surface area is 108 Å². The van der Waals surface area contributed by atoms with E-state index in [1.54, 1.807) is 0 Å². The molecule has 0 aromatic heterocycles. The SMILES string of the molecule is CC1=C(C)[C@]2(C)C(C)[C@@]1(C)[C@@H]1C(=O)C=CC(=O)[C@@H]12. The van der Waals surface area contributed by atoms with Crippen LogP contribution in [0.15, 0.2) is 23.3 Å². The topological polar surface area (TPSA) is 34.1 Å². The molecular weight excluding hydrogens is 224 g/mol. The summed E-state index contributed by atoms with van der Waals surface area (Å²) in [6, 6.07) is 0. The van der Waals surface area contributed by atoms with Gasteiger partial charge in [0.25, 0.3) is 0 Å². The second-order valence-corrected chi connectivity index (χ2v) is 6.63. The molecule has 5 atom stereocenters. The molecule has 3 rings (SSSR count). The lowest BCUT2D eigenvalue weighted by Gasteiger charge is -2.40. The third kappa shape index (κ3) is 0.908. The standard InChI is InChI=1S/C16H20O2/c1-8-9(2)16(5)10(3)15(8,4)13-11(17)6-7-12(18)14(13)16/h6-7,10,13-14H,1-5H3/t10?,13-,14+,15+,16-. The Hall–Kier alpha value is -1.18. The Balaban J connectivity index is 2.32. The monoisotopic (exact) mass is 244 g/mol. The zero-order valence-corrected chi connectivity index (χ0v) is 11.7. The van der Waals surface area contributed by atoms with Crippen molar-refractivity contribution in [2.24, 2.45) is 28.6 Å². The molecule has 0 heterocycles. The first-order valence-electron chi connectivity index (χ1n) is 6.71. The van der Waals surface area contributed by atoms with Gasteiger partial charge in [0, 0.05) is 22.7 Å². The number of hydrogen-bond donors (Lipinski definition) is 0. The Kier molecular flexibility index (Phi) is 2.01. The smallest absolute Gasteiger partial charge is 0.160 e. The summed E-state index contributed by atoms with van der Waals surface area (Å²) in [7, 11) is 0. The van der Waals surface area contributed by atoms with Gasteiger partial charge in [0.05, 0.1) is 0 Å². The Morgan fingerprint density at radius 3 is 1.56 bits per heavy atom. The average Bonchev–Trinajstić information content (AvgIpc) is 2.59. The summed E-state index contributed by atoms with van der Waals surface area (Å²) in [5.74, 6) is 0.360. The first kappa shape index (κ1) is 11.9. The fraction of sp³-hybridized carbons (Fsp3) is 0.625. The molecule has 1 unspecified atom stereocenters. The van der Waals surface area contributed by atoms with E-state index in [9.17, 15) is 9.59 Å². The van der Waals surface area contributed by atoms with Crippen molar-refractivity contribution < 1.29 is 9.59 Å². The van der Waals surface area contributed by atoms with Crippen molar-refractivity contribution >= 4 is 11.6 Å². The lowest BCUT2D eigenvalue weighted by molar-refractivity contribution is -0.132. The van der Waals surface area contributed by atoms with Crippen LogP contribution in [-0.4, -0.2) is 11.6 Å². The number of carbonyl (C=O) groups is 2. The minimum atomic E-state index is -0.140. The summed E-state index contributed by atoms with van der Waals surface area (Å²) in [5.41, 5.74) is 2.38. The van der Waals surface area contributed by atoms with Crippen LogP contribution in [0.25, 0.3) is 0 Å². The Morgan fingerprint density at radius 2 is 1.22 bits per heavy atom. The van der Waals surface area contributed by atoms with Crippen LogP contribution < -0.4 is 0 Å². The average molecular weight is 244 g/mol. The van der Waals surface area contributed by atoms with E-state index in [0.717, 1.165) is 0 Å². The van der Waals surface area contributed by atoms with Gasteiger partial charge in [0.15, 0.2) is 11.6 Å². The second-order valence-electron chi connectivity index (χ2n) is 6.63. The van der Waals surface area contributed by atoms with E-state index in [4.69, 9.17) is 0 Å². The van der Waals surface area contributed by atoms with Gasteiger partial charge in [-0.05, 0) is 31.9 Å². The zero-order chi connectivity index (χ0) is 13.5. The van der Waals surface area contributed by atoms with Crippen molar-refractivity contribution in [3.63, 3.8) is 0 Å². The fourth-order valence-corrected chi connectivity index (χ4v) is 5.07. The molecule has 2 heteroatoms. The van der Waals surface area contributed by atoms with Crippen molar-refractivity contribution in [3.8, 4) is 0 Å². The molecule has 0 amide bonds. The highest BCUT2D eigenvalue weighted by atomic mass is 16.1. The molecule has 3 aliphatic carbocycles. The number of fused-ring (bicyclic) bond motifs is 5. The molecule has 2 nitrogen and oxygen atoms in total. The van der Waals surface area contributed by atoms with Gasteiger partial charge in [-0.2, -0.15) is 0 Å². The normalized spacial score (nSPS) is 50.2. The Morgan fingerprint density at radius 1 is 0.889 bits per heavy atom. The van der Waals surface area contributed by atoms with Gasteiger partial charge >= 0.3 is 0 Å². The minimum absolute atomic E-state index is 0.138. The highest BCUT2D eigenvalue weighted by Gasteiger charge is 2.71. The van der Waals surface area contributed by atoms with Crippen molar-refractivity contribution in [2.75, 3.05) is 0 Å². The number of hydrogen-bond acceptors (Lipinski definition) is 2. The van der Waals surface area contributed by atoms with Gasteiger partial charge in [-0.15, -0.1) is 0 Å². The van der Waals surface area contributed by atoms with Crippen molar-refractivity contribution in [1.29, 1.82) is 0 Å². The number of ketones is 2. The summed E-state index contributed by atoms with van der Waals surface area (Å²) in [5, 5.41) is 0. The maximum atomic E-state index is 12.3. The molecule has 0 spiro atoms. The highest BCUT2D eigenvalue weighted by Crippen LogP contribution is 2.72. The zero-order valence-electron chi connectivity index (χ0n) is 11.7. The van der Waals surface area contributed by atoms with Crippen LogP contribution in [0.1, 0.15) is 34.6 Å². The molecular formula is C16H20O2. The molecule has 18 heavy (non-hydrogen) atoms. The fourth-order valence-electron chi connectivity index (χ4n) is 5.07. The molecule has 1 saturated carbocycles. The number of carbonyl (C=O) groups excluding carboxylic acids is 2. The summed E-state index contributed by atoms with van der Waals surface area (Å²) >= 11 is 0. The van der Waals surface area contributed by atoms with Gasteiger partial charge in [-0.25, -0.2) is 0 Å². The second kappa shape index (κ2) is 3.04. The molecule has 0 saturated heterocycles. The Bertz CT molecular complexity index is 493. The summed E-state index contributed by atoms with van der Waals surface area (Å²) in [6.07, 6.45) is 2.99. The molecule has 0 aliphatic heterocycles. The van der Waals surface area contributed by atoms with E-state index < -0.39 is 0 Å². The van der Waals surface area contributed by atoms with E-state index >= 15 is 0 Å². The molecule has 2 bridgehead atoms. The van der Waals surface area contributed by atoms with Crippen LogP contribution in [0.4, 0.5) is 0 Å². The van der Waals surface area contributed by atoms with Crippen LogP contribution in [-0.2, 0) is 9.59 Å². The van der Waals surface area contributed by atoms with Crippen molar-refractivity contribution in [2.45, 2.75) is 34.6 Å².